The Labute approximate surface area is 181 Å². The summed E-state index contributed by atoms with van der Waals surface area (Å²) in [5.74, 6) is 0.0174. The van der Waals surface area contributed by atoms with Gasteiger partial charge in [0.15, 0.2) is 0 Å². The van der Waals surface area contributed by atoms with Crippen molar-refractivity contribution in [3.8, 4) is 0 Å². The zero-order chi connectivity index (χ0) is 21.4. The summed E-state index contributed by atoms with van der Waals surface area (Å²) in [5.41, 5.74) is 4.01. The van der Waals surface area contributed by atoms with Gasteiger partial charge in [-0.25, -0.2) is 0 Å². The number of hydrogen-bond acceptors (Lipinski definition) is 4. The topological polar surface area (TPSA) is 78.5 Å². The lowest BCUT2D eigenvalue weighted by Crippen LogP contribution is -2.40. The number of morpholine rings is 1. The molecule has 1 atom stereocenters. The fourth-order valence-corrected chi connectivity index (χ4v) is 4.69. The highest BCUT2D eigenvalue weighted by Crippen LogP contribution is 2.34. The van der Waals surface area contributed by atoms with Crippen molar-refractivity contribution in [3.63, 3.8) is 0 Å². The second-order valence-corrected chi connectivity index (χ2v) is 8.20. The van der Waals surface area contributed by atoms with Crippen LogP contribution in [0.15, 0.2) is 42.6 Å². The van der Waals surface area contributed by atoms with Crippen LogP contribution < -0.4 is 0 Å². The number of nitrogens with zero attached hydrogens (tertiary/aromatic N) is 3. The van der Waals surface area contributed by atoms with Crippen molar-refractivity contribution in [1.82, 2.24) is 19.8 Å². The predicted molar refractivity (Wildman–Crippen MR) is 117 cm³/mol. The molecule has 160 valence electrons. The molecule has 0 saturated carbocycles. The molecule has 7 nitrogen and oxygen atoms in total. The van der Waals surface area contributed by atoms with Crippen molar-refractivity contribution in [2.75, 3.05) is 32.8 Å². The van der Waals surface area contributed by atoms with Gasteiger partial charge in [0.2, 0.25) is 0 Å². The summed E-state index contributed by atoms with van der Waals surface area (Å²) < 4.78 is 5.32. The van der Waals surface area contributed by atoms with Crippen LogP contribution in [0.1, 0.15) is 51.0 Å². The van der Waals surface area contributed by atoms with Crippen molar-refractivity contribution >= 4 is 22.7 Å². The van der Waals surface area contributed by atoms with Crippen molar-refractivity contribution in [3.05, 3.63) is 65.1 Å². The summed E-state index contributed by atoms with van der Waals surface area (Å²) in [6, 6.07) is 11.6. The maximum Gasteiger partial charge on any atom is 0.256 e. The van der Waals surface area contributed by atoms with Gasteiger partial charge in [0.1, 0.15) is 0 Å². The highest BCUT2D eigenvalue weighted by Gasteiger charge is 2.33. The number of ether oxygens (including phenoxy) is 1. The van der Waals surface area contributed by atoms with Gasteiger partial charge in [-0.15, -0.1) is 0 Å². The van der Waals surface area contributed by atoms with Crippen LogP contribution in [0, 0.1) is 6.92 Å². The summed E-state index contributed by atoms with van der Waals surface area (Å²) in [7, 11) is 0. The van der Waals surface area contributed by atoms with Gasteiger partial charge in [0.25, 0.3) is 11.8 Å². The Morgan fingerprint density at radius 2 is 1.87 bits per heavy atom. The molecule has 0 unspecified atom stereocenters. The zero-order valence-corrected chi connectivity index (χ0v) is 17.6. The predicted octanol–water partition coefficient (Wildman–Crippen LogP) is 3.32. The molecule has 2 fully saturated rings. The van der Waals surface area contributed by atoms with Crippen LogP contribution in [0.4, 0.5) is 0 Å². The molecular formula is C24H26N4O3. The molecule has 0 bridgehead atoms. The molecule has 0 aliphatic carbocycles. The minimum atomic E-state index is -0.0758. The number of H-pyrrole nitrogens is 1. The quantitative estimate of drug-likeness (QED) is 0.708. The van der Waals surface area contributed by atoms with E-state index in [1.54, 1.807) is 11.1 Å². The smallest absolute Gasteiger partial charge is 0.256 e. The number of aromatic nitrogens is 2. The summed E-state index contributed by atoms with van der Waals surface area (Å²) in [4.78, 5) is 37.8. The van der Waals surface area contributed by atoms with Gasteiger partial charge < -0.3 is 19.5 Å². The Morgan fingerprint density at radius 3 is 2.65 bits per heavy atom. The third kappa shape index (κ3) is 3.59. The molecule has 1 aromatic carbocycles. The molecule has 4 heterocycles. The monoisotopic (exact) mass is 418 g/mol. The molecule has 2 saturated heterocycles. The highest BCUT2D eigenvalue weighted by atomic mass is 16.5. The Kier molecular flexibility index (Phi) is 5.19. The number of aryl methyl sites for hydroxylation is 1. The van der Waals surface area contributed by atoms with E-state index in [1.807, 2.05) is 48.2 Å². The zero-order valence-electron chi connectivity index (χ0n) is 17.6. The molecule has 2 aliphatic rings. The minimum absolute atomic E-state index is 0.0175. The fourth-order valence-electron chi connectivity index (χ4n) is 4.69. The van der Waals surface area contributed by atoms with Gasteiger partial charge in [0.05, 0.1) is 36.1 Å². The molecule has 3 aromatic rings. The number of nitrogens with one attached hydrogen (secondary N) is 1. The van der Waals surface area contributed by atoms with Crippen molar-refractivity contribution < 1.29 is 14.3 Å². The number of likely N-dealkylation sites (tertiary alicyclic amines) is 1. The maximum absolute atomic E-state index is 13.5. The number of fused-ring (bicyclic) bond motifs is 1. The second-order valence-electron chi connectivity index (χ2n) is 8.20. The van der Waals surface area contributed by atoms with E-state index in [2.05, 4.69) is 9.97 Å². The molecule has 0 radical (unpaired) electrons. The Morgan fingerprint density at radius 1 is 1.06 bits per heavy atom. The van der Waals surface area contributed by atoms with Crippen molar-refractivity contribution in [2.45, 2.75) is 25.8 Å². The Balaban J connectivity index is 1.38. The number of amides is 2. The van der Waals surface area contributed by atoms with Gasteiger partial charge in [-0.05, 0) is 38.0 Å². The van der Waals surface area contributed by atoms with E-state index in [9.17, 15) is 9.59 Å². The van der Waals surface area contributed by atoms with Crippen LogP contribution in [0.25, 0.3) is 10.9 Å². The number of benzene rings is 1. The molecule has 2 aliphatic heterocycles. The van der Waals surface area contributed by atoms with Crippen LogP contribution >= 0.6 is 0 Å². The average molecular weight is 418 g/mol. The number of carbonyl (C=O) groups excluding carboxylic acids is 2. The summed E-state index contributed by atoms with van der Waals surface area (Å²) in [6.07, 6.45) is 3.45. The number of carbonyl (C=O) groups is 2. The van der Waals surface area contributed by atoms with Crippen LogP contribution in [0.5, 0.6) is 0 Å². The molecule has 0 spiro atoms. The van der Waals surface area contributed by atoms with Gasteiger partial charge >= 0.3 is 0 Å². The molecule has 5 rings (SSSR count). The van der Waals surface area contributed by atoms with E-state index < -0.39 is 0 Å². The third-order valence-corrected chi connectivity index (χ3v) is 6.29. The van der Waals surface area contributed by atoms with E-state index >= 15 is 0 Å². The molecule has 7 heteroatoms. The SMILES string of the molecule is Cc1[nH]c2ccccc2c1C(=O)N1CCC[C@@H]1c1ccc(C(=O)N2CCOCC2)cn1. The van der Waals surface area contributed by atoms with E-state index in [1.165, 1.54) is 0 Å². The maximum atomic E-state index is 13.5. The minimum Gasteiger partial charge on any atom is -0.378 e. The first-order valence-corrected chi connectivity index (χ1v) is 10.8. The first kappa shape index (κ1) is 19.8. The van der Waals surface area contributed by atoms with Crippen LogP contribution in [0.2, 0.25) is 0 Å². The summed E-state index contributed by atoms with van der Waals surface area (Å²) >= 11 is 0. The van der Waals surface area contributed by atoms with Crippen LogP contribution in [-0.2, 0) is 4.74 Å². The lowest BCUT2D eigenvalue weighted by molar-refractivity contribution is 0.0302. The Hall–Kier alpha value is -3.19. The number of rotatable bonds is 3. The average Bonchev–Trinajstić information content (AvgIpc) is 3.43. The van der Waals surface area contributed by atoms with Crippen LogP contribution in [0.3, 0.4) is 0 Å². The molecular weight excluding hydrogens is 392 g/mol. The lowest BCUT2D eigenvalue weighted by Gasteiger charge is -2.27. The van der Waals surface area contributed by atoms with Gasteiger partial charge in [0, 0.05) is 42.4 Å². The van der Waals surface area contributed by atoms with Gasteiger partial charge in [-0.3, -0.25) is 14.6 Å². The first-order chi connectivity index (χ1) is 15.1. The normalized spacial score (nSPS) is 19.2. The van der Waals surface area contributed by atoms with Crippen molar-refractivity contribution in [2.24, 2.45) is 0 Å². The van der Waals surface area contributed by atoms with Crippen molar-refractivity contribution in [1.29, 1.82) is 0 Å². The number of pyridine rings is 1. The molecule has 1 N–H and O–H groups in total. The molecule has 2 aromatic heterocycles. The van der Waals surface area contributed by atoms with Gasteiger partial charge in [-0.2, -0.15) is 0 Å². The van der Waals surface area contributed by atoms with Crippen LogP contribution in [-0.4, -0.2) is 64.4 Å². The number of hydrogen-bond donors (Lipinski definition) is 1. The number of para-hydroxylation sites is 1. The van der Waals surface area contributed by atoms with E-state index in [4.69, 9.17) is 4.74 Å². The first-order valence-electron chi connectivity index (χ1n) is 10.8. The van der Waals surface area contributed by atoms with E-state index in [0.29, 0.717) is 38.4 Å². The van der Waals surface area contributed by atoms with E-state index in [-0.39, 0.29) is 17.9 Å². The fraction of sp³-hybridized carbons (Fsp3) is 0.375. The van der Waals surface area contributed by atoms with Gasteiger partial charge in [-0.1, -0.05) is 18.2 Å². The third-order valence-electron chi connectivity index (χ3n) is 6.29. The van der Waals surface area contributed by atoms with E-state index in [0.717, 1.165) is 40.7 Å². The second kappa shape index (κ2) is 8.15. The summed E-state index contributed by atoms with van der Waals surface area (Å²) in [6.45, 7) is 5.01. The lowest BCUT2D eigenvalue weighted by atomic mass is 10.1. The largest absolute Gasteiger partial charge is 0.378 e. The summed E-state index contributed by atoms with van der Waals surface area (Å²) in [5, 5.41) is 0.954. The number of aromatic amines is 1. The Bertz CT molecular complexity index is 1120. The standard InChI is InChI=1S/C24H26N4O3/c1-16-22(18-5-2-3-6-19(18)26-16)24(30)28-10-4-7-21(28)20-9-8-17(15-25-20)23(29)27-11-13-31-14-12-27/h2-3,5-6,8-9,15,21,26H,4,7,10-14H2,1H3/t21-/m1/s1. The molecule has 2 amide bonds. The highest BCUT2D eigenvalue weighted by molar-refractivity contribution is 6.08. The molecule has 31 heavy (non-hydrogen) atoms.